The highest BCUT2D eigenvalue weighted by molar-refractivity contribution is 5.94. The molecule has 19 heavy (non-hydrogen) atoms. The molecule has 0 radical (unpaired) electrons. The lowest BCUT2D eigenvalue weighted by molar-refractivity contribution is -0.119. The van der Waals surface area contributed by atoms with Gasteiger partial charge in [-0.3, -0.25) is 9.69 Å². The summed E-state index contributed by atoms with van der Waals surface area (Å²) < 4.78 is 0. The number of carbonyl (C=O) groups is 1. The van der Waals surface area contributed by atoms with Crippen LogP contribution in [0.1, 0.15) is 6.92 Å². The minimum Gasteiger partial charge on any atom is -0.314 e. The number of likely N-dealkylation sites (N-methyl/N-ethyl adjacent to an activating group) is 1. The second-order valence-electron chi connectivity index (χ2n) is 4.88. The first-order valence-corrected chi connectivity index (χ1v) is 6.44. The second kappa shape index (κ2) is 7.48. The Hall–Kier alpha value is -1.10. The average molecular weight is 284 g/mol. The Balaban J connectivity index is 0.00000180. The molecule has 0 saturated carbocycles. The van der Waals surface area contributed by atoms with E-state index in [0.29, 0.717) is 12.6 Å². The van der Waals surface area contributed by atoms with Crippen molar-refractivity contribution in [2.24, 2.45) is 0 Å². The normalized spacial score (nSPS) is 19.6. The molecule has 4 nitrogen and oxygen atoms in total. The molecular weight excluding hydrogens is 262 g/mol. The molecule has 1 heterocycles. The molecular formula is C14H22ClN3O. The lowest BCUT2D eigenvalue weighted by Crippen LogP contribution is -2.52. The van der Waals surface area contributed by atoms with Gasteiger partial charge in [-0.15, -0.1) is 12.4 Å². The highest BCUT2D eigenvalue weighted by atomic mass is 35.5. The van der Waals surface area contributed by atoms with Crippen molar-refractivity contribution in [3.63, 3.8) is 0 Å². The number of rotatable bonds is 3. The summed E-state index contributed by atoms with van der Waals surface area (Å²) in [5.74, 6) is 0.148. The average Bonchev–Trinajstić information content (AvgIpc) is 2.39. The number of nitrogens with one attached hydrogen (secondary N) is 1. The third-order valence-corrected chi connectivity index (χ3v) is 3.33. The van der Waals surface area contributed by atoms with Crippen LogP contribution in [0.25, 0.3) is 0 Å². The smallest absolute Gasteiger partial charge is 0.240 e. The maximum Gasteiger partial charge on any atom is 0.240 e. The molecule has 0 aliphatic carbocycles. The van der Waals surface area contributed by atoms with E-state index < -0.39 is 0 Å². The van der Waals surface area contributed by atoms with E-state index in [1.54, 1.807) is 4.90 Å². The van der Waals surface area contributed by atoms with Gasteiger partial charge in [-0.1, -0.05) is 18.2 Å². The Morgan fingerprint density at radius 2 is 2.11 bits per heavy atom. The highest BCUT2D eigenvalue weighted by Crippen LogP contribution is 2.11. The van der Waals surface area contributed by atoms with Crippen molar-refractivity contribution in [2.75, 3.05) is 38.1 Å². The van der Waals surface area contributed by atoms with Gasteiger partial charge in [0.2, 0.25) is 5.91 Å². The van der Waals surface area contributed by atoms with Gasteiger partial charge in [-0.25, -0.2) is 0 Å². The first-order chi connectivity index (χ1) is 8.66. The molecule has 1 fully saturated rings. The molecule has 1 N–H and O–H groups in total. The Morgan fingerprint density at radius 1 is 1.42 bits per heavy atom. The standard InChI is InChI=1S/C14H21N3O.ClH/c1-12-10-17(9-8-15-12)11-14(18)16(2)13-6-4-3-5-7-13;/h3-7,12,15H,8-11H2,1-2H3;1H. The van der Waals surface area contributed by atoms with Crippen LogP contribution >= 0.6 is 12.4 Å². The molecule has 1 unspecified atom stereocenters. The lowest BCUT2D eigenvalue weighted by atomic mass is 10.2. The van der Waals surface area contributed by atoms with Gasteiger partial charge in [0.15, 0.2) is 0 Å². The summed E-state index contributed by atoms with van der Waals surface area (Å²) in [5.41, 5.74) is 0.950. The molecule has 0 bridgehead atoms. The van der Waals surface area contributed by atoms with Gasteiger partial charge in [0.1, 0.15) is 0 Å². The fourth-order valence-corrected chi connectivity index (χ4v) is 2.25. The number of nitrogens with zero attached hydrogens (tertiary/aromatic N) is 2. The van der Waals surface area contributed by atoms with Crippen molar-refractivity contribution in [1.29, 1.82) is 0 Å². The zero-order valence-corrected chi connectivity index (χ0v) is 12.3. The van der Waals surface area contributed by atoms with Gasteiger partial charge in [-0.05, 0) is 19.1 Å². The number of hydrogen-bond acceptors (Lipinski definition) is 3. The Bertz CT molecular complexity index is 399. The zero-order valence-electron chi connectivity index (χ0n) is 11.5. The summed E-state index contributed by atoms with van der Waals surface area (Å²) in [4.78, 5) is 16.1. The maximum atomic E-state index is 12.2. The van der Waals surface area contributed by atoms with Crippen LogP contribution in [0.5, 0.6) is 0 Å². The fraction of sp³-hybridized carbons (Fsp3) is 0.500. The monoisotopic (exact) mass is 283 g/mol. The summed E-state index contributed by atoms with van der Waals surface area (Å²) in [5, 5.41) is 3.38. The molecule has 1 aliphatic rings. The number of carbonyl (C=O) groups excluding carboxylic acids is 1. The SMILES string of the molecule is CC1CN(CC(=O)N(C)c2ccccc2)CCN1.Cl. The number of piperazine rings is 1. The van der Waals surface area contributed by atoms with E-state index in [1.165, 1.54) is 0 Å². The topological polar surface area (TPSA) is 35.6 Å². The molecule has 1 amide bonds. The Labute approximate surface area is 121 Å². The molecule has 0 spiro atoms. The van der Waals surface area contributed by atoms with Gasteiger partial charge in [0.05, 0.1) is 6.54 Å². The van der Waals surface area contributed by atoms with Gasteiger partial charge >= 0.3 is 0 Å². The van der Waals surface area contributed by atoms with Crippen LogP contribution in [0.3, 0.4) is 0 Å². The van der Waals surface area contributed by atoms with Crippen LogP contribution in [0.2, 0.25) is 0 Å². The molecule has 1 saturated heterocycles. The molecule has 2 rings (SSSR count). The number of halogens is 1. The van der Waals surface area contributed by atoms with E-state index in [9.17, 15) is 4.79 Å². The van der Waals surface area contributed by atoms with Crippen LogP contribution in [0.15, 0.2) is 30.3 Å². The Kier molecular flexibility index (Phi) is 6.28. The van der Waals surface area contributed by atoms with Gasteiger partial charge < -0.3 is 10.2 Å². The third-order valence-electron chi connectivity index (χ3n) is 3.33. The molecule has 5 heteroatoms. The third kappa shape index (κ3) is 4.49. The maximum absolute atomic E-state index is 12.2. The molecule has 106 valence electrons. The summed E-state index contributed by atoms with van der Waals surface area (Å²) >= 11 is 0. The number of hydrogen-bond donors (Lipinski definition) is 1. The molecule has 1 atom stereocenters. The predicted octanol–water partition coefficient (Wildman–Crippen LogP) is 1.36. The van der Waals surface area contributed by atoms with E-state index in [-0.39, 0.29) is 18.3 Å². The van der Waals surface area contributed by atoms with Crippen molar-refractivity contribution in [2.45, 2.75) is 13.0 Å². The first-order valence-electron chi connectivity index (χ1n) is 6.44. The van der Waals surface area contributed by atoms with Gasteiger partial charge in [0.25, 0.3) is 0 Å². The summed E-state index contributed by atoms with van der Waals surface area (Å²) in [6.45, 7) is 5.49. The van der Waals surface area contributed by atoms with Gasteiger partial charge in [-0.2, -0.15) is 0 Å². The largest absolute Gasteiger partial charge is 0.314 e. The van der Waals surface area contributed by atoms with Crippen LogP contribution in [0.4, 0.5) is 5.69 Å². The van der Waals surface area contributed by atoms with Crippen LogP contribution in [-0.2, 0) is 4.79 Å². The molecule has 1 aromatic rings. The summed E-state index contributed by atoms with van der Waals surface area (Å²) in [6, 6.07) is 10.2. The number of para-hydroxylation sites is 1. The quantitative estimate of drug-likeness (QED) is 0.910. The van der Waals surface area contributed by atoms with Crippen LogP contribution < -0.4 is 10.2 Å². The highest BCUT2D eigenvalue weighted by Gasteiger charge is 2.20. The van der Waals surface area contributed by atoms with E-state index >= 15 is 0 Å². The molecule has 1 aliphatic heterocycles. The van der Waals surface area contributed by atoms with Gasteiger partial charge in [0, 0.05) is 38.4 Å². The second-order valence-corrected chi connectivity index (χ2v) is 4.88. The predicted molar refractivity (Wildman–Crippen MR) is 81.0 cm³/mol. The van der Waals surface area contributed by atoms with Crippen molar-refractivity contribution in [3.8, 4) is 0 Å². The van der Waals surface area contributed by atoms with E-state index in [0.717, 1.165) is 25.3 Å². The molecule has 0 aromatic heterocycles. The zero-order chi connectivity index (χ0) is 13.0. The van der Waals surface area contributed by atoms with E-state index in [1.807, 2.05) is 37.4 Å². The van der Waals surface area contributed by atoms with Crippen LogP contribution in [0, 0.1) is 0 Å². The van der Waals surface area contributed by atoms with Crippen molar-refractivity contribution in [3.05, 3.63) is 30.3 Å². The molecule has 1 aromatic carbocycles. The number of benzene rings is 1. The first kappa shape index (κ1) is 16.0. The minimum absolute atomic E-state index is 0. The van der Waals surface area contributed by atoms with E-state index in [2.05, 4.69) is 17.1 Å². The summed E-state index contributed by atoms with van der Waals surface area (Å²) in [6.07, 6.45) is 0. The number of anilines is 1. The van der Waals surface area contributed by atoms with Crippen molar-refractivity contribution in [1.82, 2.24) is 10.2 Å². The summed E-state index contributed by atoms with van der Waals surface area (Å²) in [7, 11) is 1.84. The van der Waals surface area contributed by atoms with Crippen molar-refractivity contribution < 1.29 is 4.79 Å². The van der Waals surface area contributed by atoms with Crippen molar-refractivity contribution >= 4 is 24.0 Å². The van der Waals surface area contributed by atoms with E-state index in [4.69, 9.17) is 0 Å². The Morgan fingerprint density at radius 3 is 2.74 bits per heavy atom. The fourth-order valence-electron chi connectivity index (χ4n) is 2.25. The van der Waals surface area contributed by atoms with Crippen LogP contribution in [-0.4, -0.2) is 50.1 Å². The number of amides is 1. The lowest BCUT2D eigenvalue weighted by Gasteiger charge is -2.32. The minimum atomic E-state index is 0.